The first kappa shape index (κ1) is 29.8. The Kier molecular flexibility index (Phi) is 9.72. The highest BCUT2D eigenvalue weighted by atomic mass is 32.2. The van der Waals surface area contributed by atoms with Crippen LogP contribution in [0.4, 0.5) is 11.4 Å². The maximum Gasteiger partial charge on any atom is 0.298 e. The molecule has 0 saturated heterocycles. The van der Waals surface area contributed by atoms with Gasteiger partial charge in [-0.05, 0) is 41.8 Å². The number of nitrogens with zero attached hydrogens (tertiary/aromatic N) is 2. The van der Waals surface area contributed by atoms with Crippen molar-refractivity contribution in [1.82, 2.24) is 0 Å². The molecule has 20 heteroatoms. The van der Waals surface area contributed by atoms with E-state index in [0.717, 1.165) is 24.3 Å². The van der Waals surface area contributed by atoms with Gasteiger partial charge in [0.25, 0.3) is 20.2 Å². The highest BCUT2D eigenvalue weighted by Crippen LogP contribution is 2.42. The van der Waals surface area contributed by atoms with Crippen molar-refractivity contribution in [3.8, 4) is 11.5 Å². The minimum Gasteiger partial charge on any atom is -0.506 e. The monoisotopic (exact) mass is 612 g/mol. The molecule has 0 fully saturated rings. The predicted molar refractivity (Wildman–Crippen MR) is 128 cm³/mol. The summed E-state index contributed by atoms with van der Waals surface area (Å²) in [5.41, 5.74) is -0.691. The summed E-state index contributed by atoms with van der Waals surface area (Å²) in [5.74, 6) is -1.61. The Morgan fingerprint density at radius 1 is 0.947 bits per heavy atom. The van der Waals surface area contributed by atoms with Gasteiger partial charge in [-0.2, -0.15) is 21.2 Å². The molecule has 16 nitrogen and oxygen atoms in total. The summed E-state index contributed by atoms with van der Waals surface area (Å²) < 4.78 is 85.1. The zero-order valence-corrected chi connectivity index (χ0v) is 21.7. The lowest BCUT2D eigenvalue weighted by molar-refractivity contribution is -0.435. The standard InChI is InChI=1S/C18H16N2O14S4/c21-15-4-1-11(35-33-31-5-6-36(24)34-32-23)9-14(15)19-20-17-13-3-2-12(37(25,26)27)7-10(13)8-16(18(17)22)38(28,29)30/h1-4,7-9,21-23H,5-6H2,(H,25,26,27)(H,28,29,30). The summed E-state index contributed by atoms with van der Waals surface area (Å²) in [7, 11) is -9.68. The summed E-state index contributed by atoms with van der Waals surface area (Å²) in [5, 5.41) is 39.3. The Bertz CT molecular complexity index is 1610. The van der Waals surface area contributed by atoms with E-state index in [0.29, 0.717) is 16.9 Å². The van der Waals surface area contributed by atoms with Crippen LogP contribution < -0.4 is 0 Å². The van der Waals surface area contributed by atoms with Gasteiger partial charge in [-0.1, -0.05) is 11.1 Å². The first-order valence-corrected chi connectivity index (χ1v) is 14.5. The molecule has 0 bridgehead atoms. The molecule has 0 aromatic heterocycles. The molecule has 3 aromatic rings. The van der Waals surface area contributed by atoms with Gasteiger partial charge in [0.2, 0.25) is 0 Å². The smallest absolute Gasteiger partial charge is 0.298 e. The van der Waals surface area contributed by atoms with Crippen molar-refractivity contribution in [3.63, 3.8) is 0 Å². The van der Waals surface area contributed by atoms with Gasteiger partial charge >= 0.3 is 0 Å². The molecule has 1 atom stereocenters. The molecule has 0 amide bonds. The topological polar surface area (TPSA) is 248 Å². The third-order valence-corrected chi connectivity index (χ3v) is 7.46. The molecule has 206 valence electrons. The van der Waals surface area contributed by atoms with Crippen LogP contribution in [-0.4, -0.2) is 58.0 Å². The molecule has 1 unspecified atom stereocenters. The second kappa shape index (κ2) is 12.4. The SMILES string of the molecule is O=S(CCOOSc1ccc(O)c(N=Nc2c(O)c(S(=O)(=O)O)cc3cc(S(=O)(=O)O)ccc23)c1)OOO. The predicted octanol–water partition coefficient (Wildman–Crippen LogP) is 3.20. The van der Waals surface area contributed by atoms with Crippen LogP contribution in [0.1, 0.15) is 0 Å². The Hall–Kier alpha value is -2.76. The quantitative estimate of drug-likeness (QED) is 0.0492. The fraction of sp³-hybridized carbons (Fsp3) is 0.111. The molecule has 0 radical (unpaired) electrons. The van der Waals surface area contributed by atoms with E-state index in [1.165, 1.54) is 18.2 Å². The van der Waals surface area contributed by atoms with Gasteiger partial charge in [-0.15, -0.1) is 14.6 Å². The Morgan fingerprint density at radius 3 is 2.34 bits per heavy atom. The van der Waals surface area contributed by atoms with Gasteiger partial charge in [0, 0.05) is 10.3 Å². The van der Waals surface area contributed by atoms with Crippen molar-refractivity contribution >= 4 is 65.5 Å². The maximum absolute atomic E-state index is 11.8. The number of hydrogen-bond acceptors (Lipinski definition) is 15. The van der Waals surface area contributed by atoms with Crippen LogP contribution in [-0.2, 0) is 49.9 Å². The minimum absolute atomic E-state index is 0.0132. The summed E-state index contributed by atoms with van der Waals surface area (Å²) in [6.07, 6.45) is 0. The normalized spacial score (nSPS) is 13.3. The van der Waals surface area contributed by atoms with Gasteiger partial charge in [-0.3, -0.25) is 9.11 Å². The molecular weight excluding hydrogens is 596 g/mol. The van der Waals surface area contributed by atoms with Crippen molar-refractivity contribution < 1.29 is 64.2 Å². The van der Waals surface area contributed by atoms with E-state index in [1.807, 2.05) is 0 Å². The van der Waals surface area contributed by atoms with Crippen molar-refractivity contribution in [2.24, 2.45) is 10.2 Å². The van der Waals surface area contributed by atoms with Crippen molar-refractivity contribution in [2.45, 2.75) is 14.7 Å². The van der Waals surface area contributed by atoms with Gasteiger partial charge in [0.05, 0.1) is 29.3 Å². The third kappa shape index (κ3) is 7.64. The Labute approximate surface area is 220 Å². The lowest BCUT2D eigenvalue weighted by Crippen LogP contribution is -2.07. The maximum atomic E-state index is 11.8. The third-order valence-electron chi connectivity index (χ3n) is 4.42. The number of aromatic hydroxyl groups is 2. The molecule has 0 heterocycles. The molecule has 3 aromatic carbocycles. The number of phenolic OH excluding ortho intramolecular Hbond substituents is 2. The number of phenols is 2. The number of fused-ring (bicyclic) bond motifs is 1. The van der Waals surface area contributed by atoms with Crippen molar-refractivity contribution in [3.05, 3.63) is 42.5 Å². The van der Waals surface area contributed by atoms with E-state index in [4.69, 9.17) is 14.5 Å². The zero-order chi connectivity index (χ0) is 28.1. The first-order chi connectivity index (χ1) is 17.8. The fourth-order valence-electron chi connectivity index (χ4n) is 2.79. The van der Waals surface area contributed by atoms with Crippen LogP contribution >= 0.6 is 12.0 Å². The van der Waals surface area contributed by atoms with Gasteiger partial charge in [0.15, 0.2) is 16.8 Å². The summed E-state index contributed by atoms with van der Waals surface area (Å²) in [6, 6.07) is 7.60. The molecule has 0 saturated carbocycles. The Balaban J connectivity index is 1.92. The highest BCUT2D eigenvalue weighted by Gasteiger charge is 2.23. The summed E-state index contributed by atoms with van der Waals surface area (Å²) in [4.78, 5) is 3.47. The molecule has 0 aliphatic rings. The van der Waals surface area contributed by atoms with Gasteiger partial charge < -0.3 is 10.2 Å². The van der Waals surface area contributed by atoms with E-state index in [9.17, 15) is 40.4 Å². The van der Waals surface area contributed by atoms with Gasteiger partial charge in [-0.25, -0.2) is 14.4 Å². The summed E-state index contributed by atoms with van der Waals surface area (Å²) >= 11 is -1.34. The first-order valence-electron chi connectivity index (χ1n) is 9.64. The Morgan fingerprint density at radius 2 is 1.68 bits per heavy atom. The van der Waals surface area contributed by atoms with Crippen LogP contribution in [0, 0.1) is 0 Å². The van der Waals surface area contributed by atoms with Crippen molar-refractivity contribution in [1.29, 1.82) is 0 Å². The van der Waals surface area contributed by atoms with Crippen molar-refractivity contribution in [2.75, 3.05) is 12.4 Å². The zero-order valence-electron chi connectivity index (χ0n) is 18.4. The number of benzene rings is 3. The van der Waals surface area contributed by atoms with Gasteiger partial charge in [0.1, 0.15) is 22.0 Å². The molecular formula is C18H16N2O14S4. The molecule has 5 N–H and O–H groups in total. The number of hydrogen-bond donors (Lipinski definition) is 5. The fourth-order valence-corrected chi connectivity index (χ4v) is 4.75. The van der Waals surface area contributed by atoms with Crippen LogP contribution in [0.5, 0.6) is 11.5 Å². The van der Waals surface area contributed by atoms with Crippen LogP contribution in [0.3, 0.4) is 0 Å². The number of azo groups is 1. The lowest BCUT2D eigenvalue weighted by atomic mass is 10.1. The minimum atomic E-state index is -5.01. The average Bonchev–Trinajstić information content (AvgIpc) is 2.83. The molecule has 3 rings (SSSR count). The second-order valence-corrected chi connectivity index (χ2v) is 11.6. The van der Waals surface area contributed by atoms with Crippen LogP contribution in [0.15, 0.2) is 67.4 Å². The van der Waals surface area contributed by atoms with E-state index < -0.39 is 52.5 Å². The largest absolute Gasteiger partial charge is 0.506 e. The highest BCUT2D eigenvalue weighted by molar-refractivity contribution is 7.94. The van der Waals surface area contributed by atoms with Crippen LogP contribution in [0.2, 0.25) is 0 Å². The average molecular weight is 613 g/mol. The molecule has 0 aliphatic carbocycles. The molecule has 38 heavy (non-hydrogen) atoms. The van der Waals surface area contributed by atoms with E-state index in [-0.39, 0.29) is 34.6 Å². The lowest BCUT2D eigenvalue weighted by Gasteiger charge is -2.10. The summed E-state index contributed by atoms with van der Waals surface area (Å²) in [6.45, 7) is -0.219. The molecule has 0 aliphatic heterocycles. The van der Waals surface area contributed by atoms with Crippen LogP contribution in [0.25, 0.3) is 10.8 Å². The molecule has 0 spiro atoms. The van der Waals surface area contributed by atoms with E-state index in [1.54, 1.807) is 0 Å². The number of rotatable bonds is 12. The van der Waals surface area contributed by atoms with E-state index >= 15 is 0 Å². The second-order valence-electron chi connectivity index (χ2n) is 6.88. The van der Waals surface area contributed by atoms with E-state index in [2.05, 4.69) is 19.6 Å².